The molecule has 2 aliphatic rings. The Morgan fingerprint density at radius 1 is 0.951 bits per heavy atom. The second kappa shape index (κ2) is 13.1. The van der Waals surface area contributed by atoms with Gasteiger partial charge in [-0.2, -0.15) is 13.2 Å². The summed E-state index contributed by atoms with van der Waals surface area (Å²) in [5.74, 6) is -0.411. The van der Waals surface area contributed by atoms with Crippen molar-refractivity contribution < 1.29 is 27.6 Å². The van der Waals surface area contributed by atoms with E-state index < -0.39 is 17.6 Å². The van der Waals surface area contributed by atoms with E-state index in [-0.39, 0.29) is 30.0 Å². The third-order valence-electron chi connectivity index (χ3n) is 8.15. The Bertz CT molecular complexity index is 1250. The van der Waals surface area contributed by atoms with E-state index in [1.165, 1.54) is 17.7 Å². The molecular formula is C31H39F3N4O3. The molecule has 2 aliphatic heterocycles. The van der Waals surface area contributed by atoms with Crippen LogP contribution in [-0.2, 0) is 11.0 Å². The monoisotopic (exact) mass is 572 g/mol. The predicted molar refractivity (Wildman–Crippen MR) is 151 cm³/mol. The Morgan fingerprint density at radius 2 is 1.63 bits per heavy atom. The van der Waals surface area contributed by atoms with E-state index in [9.17, 15) is 27.6 Å². The highest BCUT2D eigenvalue weighted by molar-refractivity contribution is 5.97. The highest BCUT2D eigenvalue weighted by Gasteiger charge is 2.31. The van der Waals surface area contributed by atoms with Crippen molar-refractivity contribution >= 4 is 17.7 Å². The van der Waals surface area contributed by atoms with Crippen LogP contribution in [0.25, 0.3) is 0 Å². The van der Waals surface area contributed by atoms with Crippen LogP contribution in [-0.4, -0.2) is 72.8 Å². The Balaban J connectivity index is 1.14. The molecule has 4 rings (SSSR count). The number of piperidine rings is 1. The van der Waals surface area contributed by atoms with Crippen molar-refractivity contribution in [3.63, 3.8) is 0 Å². The van der Waals surface area contributed by atoms with Crippen molar-refractivity contribution in [3.8, 4) is 0 Å². The Morgan fingerprint density at radius 3 is 2.29 bits per heavy atom. The molecular weight excluding hydrogens is 533 g/mol. The number of nitrogens with one attached hydrogen (secondary N) is 2. The van der Waals surface area contributed by atoms with Gasteiger partial charge in [0.25, 0.3) is 11.8 Å². The maximum atomic E-state index is 13.2. The van der Waals surface area contributed by atoms with Crippen LogP contribution >= 0.6 is 0 Å². The van der Waals surface area contributed by atoms with Gasteiger partial charge in [0.2, 0.25) is 5.91 Å². The van der Waals surface area contributed by atoms with Gasteiger partial charge in [0.15, 0.2) is 0 Å². The van der Waals surface area contributed by atoms with Crippen LogP contribution in [0.1, 0.15) is 68.7 Å². The molecule has 2 fully saturated rings. The van der Waals surface area contributed by atoms with Gasteiger partial charge in [0, 0.05) is 43.3 Å². The molecule has 10 heteroatoms. The number of hydrogen-bond acceptors (Lipinski definition) is 4. The zero-order chi connectivity index (χ0) is 29.7. The lowest BCUT2D eigenvalue weighted by Crippen LogP contribution is -2.43. The van der Waals surface area contributed by atoms with Gasteiger partial charge in [-0.25, -0.2) is 0 Å². The first-order chi connectivity index (χ1) is 19.4. The summed E-state index contributed by atoms with van der Waals surface area (Å²) in [4.78, 5) is 42.1. The van der Waals surface area contributed by atoms with Crippen molar-refractivity contribution in [2.75, 3.05) is 39.3 Å². The lowest BCUT2D eigenvalue weighted by molar-refractivity contribution is -0.137. The fourth-order valence-electron chi connectivity index (χ4n) is 6.00. The van der Waals surface area contributed by atoms with Gasteiger partial charge in [-0.1, -0.05) is 23.8 Å². The van der Waals surface area contributed by atoms with Crippen LogP contribution < -0.4 is 10.6 Å². The third-order valence-corrected chi connectivity index (χ3v) is 8.15. The summed E-state index contributed by atoms with van der Waals surface area (Å²) in [7, 11) is 0. The van der Waals surface area contributed by atoms with Gasteiger partial charge in [0.1, 0.15) is 0 Å². The van der Waals surface area contributed by atoms with Crippen molar-refractivity contribution in [2.45, 2.75) is 58.7 Å². The summed E-state index contributed by atoms with van der Waals surface area (Å²) in [6.07, 6.45) is -0.739. The summed E-state index contributed by atoms with van der Waals surface area (Å²) >= 11 is 0. The minimum Gasteiger partial charge on any atom is -0.350 e. The maximum Gasteiger partial charge on any atom is 0.416 e. The van der Waals surface area contributed by atoms with E-state index in [1.54, 1.807) is 0 Å². The quantitative estimate of drug-likeness (QED) is 0.489. The highest BCUT2D eigenvalue weighted by atomic mass is 19.4. The molecule has 2 heterocycles. The SMILES string of the molecule is Cc1cc(C)c(C(=O)N2CCC(CCN3CC[C@@H](NC(=O)CNC(=O)c4cccc(C(F)(F)F)c4)C3)CC2)c(C)c1. The predicted octanol–water partition coefficient (Wildman–Crippen LogP) is 4.49. The summed E-state index contributed by atoms with van der Waals surface area (Å²) in [6.45, 7) is 9.79. The van der Waals surface area contributed by atoms with E-state index in [1.807, 2.05) is 25.7 Å². The fourth-order valence-corrected chi connectivity index (χ4v) is 6.00. The first kappa shape index (κ1) is 30.6. The number of aryl methyl sites for hydroxylation is 3. The van der Waals surface area contributed by atoms with Gasteiger partial charge < -0.3 is 20.4 Å². The van der Waals surface area contributed by atoms with Crippen LogP contribution in [0.15, 0.2) is 36.4 Å². The summed E-state index contributed by atoms with van der Waals surface area (Å²) < 4.78 is 38.7. The molecule has 0 unspecified atom stereocenters. The topological polar surface area (TPSA) is 81.8 Å². The van der Waals surface area contributed by atoms with E-state index in [0.29, 0.717) is 5.92 Å². The van der Waals surface area contributed by atoms with Gasteiger partial charge in [-0.15, -0.1) is 0 Å². The number of hydrogen-bond donors (Lipinski definition) is 2. The number of rotatable bonds is 8. The van der Waals surface area contributed by atoms with Crippen molar-refractivity contribution in [1.82, 2.24) is 20.4 Å². The standard InChI is InChI=1S/C31H39F3N4O3/c1-20-15-21(2)28(22(3)16-20)30(41)38-13-8-23(9-14-38)7-11-37-12-10-26(19-37)36-27(39)18-35-29(40)24-5-4-6-25(17-24)31(32,33)34/h4-6,15-17,23,26H,7-14,18-19H2,1-3H3,(H,35,40)(H,36,39)/t26-/m1/s1. The summed E-state index contributed by atoms with van der Waals surface area (Å²) in [6, 6.07) is 8.22. The molecule has 0 spiro atoms. The molecule has 2 saturated heterocycles. The van der Waals surface area contributed by atoms with Crippen LogP contribution in [0.2, 0.25) is 0 Å². The molecule has 2 N–H and O–H groups in total. The number of likely N-dealkylation sites (tertiary alicyclic amines) is 2. The molecule has 2 aromatic carbocycles. The fraction of sp³-hybridized carbons (Fsp3) is 0.516. The van der Waals surface area contributed by atoms with Crippen LogP contribution in [0.3, 0.4) is 0 Å². The van der Waals surface area contributed by atoms with E-state index >= 15 is 0 Å². The molecule has 222 valence electrons. The Labute approximate surface area is 239 Å². The molecule has 0 radical (unpaired) electrons. The first-order valence-electron chi connectivity index (χ1n) is 14.2. The van der Waals surface area contributed by atoms with Crippen LogP contribution in [0.5, 0.6) is 0 Å². The molecule has 41 heavy (non-hydrogen) atoms. The Kier molecular flexibility index (Phi) is 9.73. The minimum absolute atomic E-state index is 0.0339. The van der Waals surface area contributed by atoms with Gasteiger partial charge in [-0.3, -0.25) is 14.4 Å². The van der Waals surface area contributed by atoms with Crippen LogP contribution in [0, 0.1) is 26.7 Å². The number of carbonyl (C=O) groups excluding carboxylic acids is 3. The lowest BCUT2D eigenvalue weighted by Gasteiger charge is -2.33. The van der Waals surface area contributed by atoms with Gasteiger partial charge >= 0.3 is 6.18 Å². The zero-order valence-electron chi connectivity index (χ0n) is 23.9. The molecule has 7 nitrogen and oxygen atoms in total. The molecule has 0 saturated carbocycles. The number of carbonyl (C=O) groups is 3. The van der Waals surface area contributed by atoms with Gasteiger partial charge in [0.05, 0.1) is 12.1 Å². The van der Waals surface area contributed by atoms with Crippen molar-refractivity contribution in [3.05, 3.63) is 69.8 Å². The van der Waals surface area contributed by atoms with Crippen molar-refractivity contribution in [2.24, 2.45) is 5.92 Å². The third kappa shape index (κ3) is 8.09. The summed E-state index contributed by atoms with van der Waals surface area (Å²) in [5.41, 5.74) is 3.00. The zero-order valence-corrected chi connectivity index (χ0v) is 23.9. The first-order valence-corrected chi connectivity index (χ1v) is 14.2. The van der Waals surface area contributed by atoms with E-state index in [4.69, 9.17) is 0 Å². The molecule has 1 atom stereocenters. The average Bonchev–Trinajstić information content (AvgIpc) is 3.37. The summed E-state index contributed by atoms with van der Waals surface area (Å²) in [5, 5.41) is 5.32. The molecule has 0 bridgehead atoms. The average molecular weight is 573 g/mol. The number of nitrogens with zero attached hydrogens (tertiary/aromatic N) is 2. The van der Waals surface area contributed by atoms with Crippen LogP contribution in [0.4, 0.5) is 13.2 Å². The molecule has 3 amide bonds. The molecule has 2 aromatic rings. The lowest BCUT2D eigenvalue weighted by atomic mass is 9.92. The van der Waals surface area contributed by atoms with E-state index in [0.717, 1.165) is 87.2 Å². The second-order valence-electron chi connectivity index (χ2n) is 11.4. The molecule has 0 aromatic heterocycles. The number of alkyl halides is 3. The molecule has 0 aliphatic carbocycles. The number of amides is 3. The maximum absolute atomic E-state index is 13.2. The van der Waals surface area contributed by atoms with E-state index in [2.05, 4.69) is 27.7 Å². The minimum atomic E-state index is -4.54. The number of halogens is 3. The Hall–Kier alpha value is -3.40. The second-order valence-corrected chi connectivity index (χ2v) is 11.4. The van der Waals surface area contributed by atoms with Crippen molar-refractivity contribution in [1.29, 1.82) is 0 Å². The van der Waals surface area contributed by atoms with Gasteiger partial charge in [-0.05, 0) is 88.2 Å². The normalized spacial score (nSPS) is 18.4. The number of benzene rings is 2. The smallest absolute Gasteiger partial charge is 0.350 e. The largest absolute Gasteiger partial charge is 0.416 e. The highest BCUT2D eigenvalue weighted by Crippen LogP contribution is 2.29.